The molecular weight excluding hydrogens is 470 g/mol. The van der Waals surface area contributed by atoms with Crippen LogP contribution in [0.15, 0.2) is 59.8 Å². The number of nitrogens with one attached hydrogen (secondary N) is 1. The summed E-state index contributed by atoms with van der Waals surface area (Å²) in [5.74, 6) is 1.09. The third kappa shape index (κ3) is 5.04. The molecule has 0 atom stereocenters. The van der Waals surface area contributed by atoms with Gasteiger partial charge in [-0.2, -0.15) is 10.1 Å². The molecule has 182 valence electrons. The highest BCUT2D eigenvalue weighted by atomic mass is 32.2. The molecule has 0 saturated heterocycles. The Labute approximate surface area is 203 Å². The molecular formula is C24H25N5O5S. The number of hydrogen-bond donors (Lipinski definition) is 1. The average molecular weight is 496 g/mol. The third-order valence-electron chi connectivity index (χ3n) is 5.25. The van der Waals surface area contributed by atoms with E-state index < -0.39 is 10.0 Å². The minimum atomic E-state index is -3.99. The number of nitrogens with zero attached hydrogens (tertiary/aromatic N) is 4. The van der Waals surface area contributed by atoms with Crippen LogP contribution in [0.1, 0.15) is 11.1 Å². The van der Waals surface area contributed by atoms with E-state index in [9.17, 15) is 8.42 Å². The fraction of sp³-hybridized carbons (Fsp3) is 0.208. The molecule has 0 aliphatic carbocycles. The van der Waals surface area contributed by atoms with Crippen LogP contribution in [-0.2, 0) is 17.1 Å². The molecule has 0 bridgehead atoms. The van der Waals surface area contributed by atoms with Crippen LogP contribution >= 0.6 is 0 Å². The topological polar surface area (TPSA) is 117 Å². The van der Waals surface area contributed by atoms with Crippen LogP contribution in [-0.4, -0.2) is 42.4 Å². The lowest BCUT2D eigenvalue weighted by Crippen LogP contribution is -2.15. The quantitative estimate of drug-likeness (QED) is 0.388. The molecule has 1 N–H and O–H groups in total. The lowest BCUT2D eigenvalue weighted by atomic mass is 10.00. The smallest absolute Gasteiger partial charge is 0.267 e. The van der Waals surface area contributed by atoms with Crippen LogP contribution in [0.25, 0.3) is 11.3 Å². The maximum Gasteiger partial charge on any atom is 0.267 e. The van der Waals surface area contributed by atoms with E-state index in [1.54, 1.807) is 31.3 Å². The monoisotopic (exact) mass is 495 g/mol. The Morgan fingerprint density at radius 1 is 0.943 bits per heavy atom. The summed E-state index contributed by atoms with van der Waals surface area (Å²) < 4.78 is 46.6. The van der Waals surface area contributed by atoms with Crippen molar-refractivity contribution in [2.24, 2.45) is 7.05 Å². The predicted octanol–water partition coefficient (Wildman–Crippen LogP) is 4.10. The summed E-state index contributed by atoms with van der Waals surface area (Å²) in [7, 11) is 0.661. The minimum Gasteiger partial charge on any atom is -0.493 e. The van der Waals surface area contributed by atoms with E-state index in [1.807, 2.05) is 32.0 Å². The Bertz CT molecular complexity index is 1440. The molecule has 0 amide bonds. The Morgan fingerprint density at radius 2 is 1.57 bits per heavy atom. The number of para-hydroxylation sites is 1. The SMILES string of the molecule is COc1cccc(OC)c1Oc1cc(-c2c(C)cccc2C)nc(NS(=O)(=O)c2cnn(C)c2)n1. The molecule has 11 heteroatoms. The Hall–Kier alpha value is -4.12. The van der Waals surface area contributed by atoms with Gasteiger partial charge in [0.15, 0.2) is 11.5 Å². The first-order valence-electron chi connectivity index (χ1n) is 10.6. The fourth-order valence-corrected chi connectivity index (χ4v) is 4.54. The van der Waals surface area contributed by atoms with Gasteiger partial charge < -0.3 is 14.2 Å². The summed E-state index contributed by atoms with van der Waals surface area (Å²) in [6, 6.07) is 12.7. The van der Waals surface area contributed by atoms with Crippen LogP contribution in [0, 0.1) is 13.8 Å². The van der Waals surface area contributed by atoms with Crippen molar-refractivity contribution in [1.82, 2.24) is 19.7 Å². The molecule has 0 fully saturated rings. The van der Waals surface area contributed by atoms with Gasteiger partial charge in [0.2, 0.25) is 17.6 Å². The van der Waals surface area contributed by atoms with Gasteiger partial charge in [0.25, 0.3) is 10.0 Å². The summed E-state index contributed by atoms with van der Waals surface area (Å²) in [5.41, 5.74) is 3.26. The number of ether oxygens (including phenoxy) is 3. The third-order valence-corrected chi connectivity index (χ3v) is 6.53. The first-order valence-corrected chi connectivity index (χ1v) is 12.1. The number of methoxy groups -OCH3 is 2. The Kier molecular flexibility index (Phi) is 6.61. The largest absolute Gasteiger partial charge is 0.493 e. The highest BCUT2D eigenvalue weighted by Gasteiger charge is 2.21. The molecule has 0 spiro atoms. The number of hydrogen-bond acceptors (Lipinski definition) is 8. The number of anilines is 1. The van der Waals surface area contributed by atoms with Crippen LogP contribution < -0.4 is 18.9 Å². The molecule has 4 rings (SSSR count). The predicted molar refractivity (Wildman–Crippen MR) is 131 cm³/mol. The van der Waals surface area contributed by atoms with Crippen molar-refractivity contribution in [2.75, 3.05) is 18.9 Å². The maximum absolute atomic E-state index is 12.9. The van der Waals surface area contributed by atoms with Crippen molar-refractivity contribution >= 4 is 16.0 Å². The second-order valence-electron chi connectivity index (χ2n) is 7.73. The zero-order chi connectivity index (χ0) is 25.2. The van der Waals surface area contributed by atoms with E-state index in [-0.39, 0.29) is 16.7 Å². The van der Waals surface area contributed by atoms with Gasteiger partial charge in [-0.05, 0) is 37.1 Å². The van der Waals surface area contributed by atoms with Gasteiger partial charge in [-0.25, -0.2) is 18.1 Å². The summed E-state index contributed by atoms with van der Waals surface area (Å²) in [5, 5.41) is 3.93. The highest BCUT2D eigenvalue weighted by Crippen LogP contribution is 2.40. The van der Waals surface area contributed by atoms with Crippen LogP contribution in [0.5, 0.6) is 23.1 Å². The van der Waals surface area contributed by atoms with Crippen molar-refractivity contribution in [2.45, 2.75) is 18.7 Å². The van der Waals surface area contributed by atoms with E-state index >= 15 is 0 Å². The molecule has 0 aliphatic rings. The zero-order valence-electron chi connectivity index (χ0n) is 19.9. The molecule has 0 unspecified atom stereocenters. The molecule has 35 heavy (non-hydrogen) atoms. The number of aromatic nitrogens is 4. The first-order chi connectivity index (χ1) is 16.7. The molecule has 0 saturated carbocycles. The van der Waals surface area contributed by atoms with Gasteiger partial charge >= 0.3 is 0 Å². The lowest BCUT2D eigenvalue weighted by Gasteiger charge is -2.16. The van der Waals surface area contributed by atoms with Crippen molar-refractivity contribution < 1.29 is 22.6 Å². The Balaban J connectivity index is 1.84. The first kappa shape index (κ1) is 24.0. The number of benzene rings is 2. The zero-order valence-corrected chi connectivity index (χ0v) is 20.8. The maximum atomic E-state index is 12.9. The second kappa shape index (κ2) is 9.63. The van der Waals surface area contributed by atoms with Gasteiger partial charge in [-0.1, -0.05) is 24.3 Å². The molecule has 2 heterocycles. The molecule has 0 aliphatic heterocycles. The van der Waals surface area contributed by atoms with Gasteiger partial charge in [0.05, 0.1) is 26.1 Å². The normalized spacial score (nSPS) is 11.2. The molecule has 0 radical (unpaired) electrons. The molecule has 10 nitrogen and oxygen atoms in total. The summed E-state index contributed by atoms with van der Waals surface area (Å²) >= 11 is 0. The summed E-state index contributed by atoms with van der Waals surface area (Å²) in [6.45, 7) is 3.90. The summed E-state index contributed by atoms with van der Waals surface area (Å²) in [4.78, 5) is 8.80. The number of sulfonamides is 1. The van der Waals surface area contributed by atoms with Crippen LogP contribution in [0.3, 0.4) is 0 Å². The van der Waals surface area contributed by atoms with Crippen molar-refractivity contribution in [3.8, 4) is 34.4 Å². The lowest BCUT2D eigenvalue weighted by molar-refractivity contribution is 0.342. The van der Waals surface area contributed by atoms with E-state index in [2.05, 4.69) is 19.8 Å². The minimum absolute atomic E-state index is 0.0186. The van der Waals surface area contributed by atoms with Crippen molar-refractivity contribution in [1.29, 1.82) is 0 Å². The summed E-state index contributed by atoms with van der Waals surface area (Å²) in [6.07, 6.45) is 2.63. The second-order valence-corrected chi connectivity index (χ2v) is 9.41. The fourth-order valence-electron chi connectivity index (χ4n) is 3.61. The van der Waals surface area contributed by atoms with Crippen LogP contribution in [0.2, 0.25) is 0 Å². The van der Waals surface area contributed by atoms with E-state index in [0.717, 1.165) is 16.7 Å². The van der Waals surface area contributed by atoms with E-state index in [4.69, 9.17) is 14.2 Å². The van der Waals surface area contributed by atoms with Crippen molar-refractivity contribution in [3.05, 3.63) is 66.0 Å². The highest BCUT2D eigenvalue weighted by molar-refractivity contribution is 7.92. The van der Waals surface area contributed by atoms with Gasteiger partial charge in [0, 0.05) is 24.9 Å². The van der Waals surface area contributed by atoms with Gasteiger partial charge in [-0.15, -0.1) is 0 Å². The molecule has 4 aromatic rings. The van der Waals surface area contributed by atoms with Gasteiger partial charge in [0.1, 0.15) is 4.90 Å². The Morgan fingerprint density at radius 3 is 2.14 bits per heavy atom. The van der Waals surface area contributed by atoms with E-state index in [1.165, 1.54) is 31.3 Å². The van der Waals surface area contributed by atoms with Gasteiger partial charge in [-0.3, -0.25) is 4.68 Å². The molecule has 2 aromatic carbocycles. The van der Waals surface area contributed by atoms with E-state index in [0.29, 0.717) is 22.9 Å². The average Bonchev–Trinajstić information content (AvgIpc) is 3.26. The number of rotatable bonds is 8. The van der Waals surface area contributed by atoms with Crippen molar-refractivity contribution in [3.63, 3.8) is 0 Å². The standard InChI is InChI=1S/C24H25N5O5S/c1-15-8-6-9-16(2)22(15)18-12-21(34-23-19(32-4)10-7-11-20(23)33-5)27-24(26-18)28-35(30,31)17-13-25-29(3)14-17/h6-14H,1-5H3,(H,26,27,28). The van der Waals surface area contributed by atoms with Crippen LogP contribution in [0.4, 0.5) is 5.95 Å². The number of aryl methyl sites for hydroxylation is 3. The molecule has 2 aromatic heterocycles.